The molecule has 0 saturated carbocycles. The van der Waals surface area contributed by atoms with Gasteiger partial charge in [0.15, 0.2) is 5.78 Å². The molecule has 4 nitrogen and oxygen atoms in total. The molecule has 4 heteroatoms. The first-order chi connectivity index (χ1) is 15.1. The van der Waals surface area contributed by atoms with Crippen LogP contribution in [-0.4, -0.2) is 28.4 Å². The van der Waals surface area contributed by atoms with Gasteiger partial charge in [-0.2, -0.15) is 0 Å². The molecule has 3 aromatic rings. The van der Waals surface area contributed by atoms with Crippen LogP contribution in [0.15, 0.2) is 78.9 Å². The minimum Gasteiger partial charge on any atom is -0.508 e. The summed E-state index contributed by atoms with van der Waals surface area (Å²) in [5, 5.41) is 9.61. The van der Waals surface area contributed by atoms with E-state index in [1.54, 1.807) is 12.1 Å². The largest absolute Gasteiger partial charge is 0.508 e. The lowest BCUT2D eigenvalue weighted by atomic mass is 9.92. The second kappa shape index (κ2) is 9.80. The number of ketones is 1. The normalized spacial score (nSPS) is 17.8. The summed E-state index contributed by atoms with van der Waals surface area (Å²) >= 11 is 0. The molecule has 2 atom stereocenters. The molecule has 0 spiro atoms. The number of phenolic OH excluding ortho intramolecular Hbond substituents is 1. The molecule has 0 aromatic heterocycles. The fraction of sp³-hybridized carbons (Fsp3) is 0.296. The molecule has 1 aliphatic rings. The van der Waals surface area contributed by atoms with Crippen molar-refractivity contribution in [2.75, 3.05) is 6.54 Å². The summed E-state index contributed by atoms with van der Waals surface area (Å²) in [5.74, 6) is 1.15. The van der Waals surface area contributed by atoms with Gasteiger partial charge in [-0.1, -0.05) is 48.9 Å². The smallest absolute Gasteiger partial charge is 0.179 e. The van der Waals surface area contributed by atoms with Crippen molar-refractivity contribution in [1.82, 2.24) is 4.90 Å². The SMILES string of the molecule is C[C@@H](C(=O)c1ccc(OCc2ccccc2)cc1)N1CCCC[C@H]1c1ccc(O)cc1. The second-order valence-electron chi connectivity index (χ2n) is 8.18. The van der Waals surface area contributed by atoms with Crippen molar-refractivity contribution < 1.29 is 14.6 Å². The lowest BCUT2D eigenvalue weighted by Crippen LogP contribution is -2.44. The van der Waals surface area contributed by atoms with Gasteiger partial charge in [0.1, 0.15) is 18.1 Å². The summed E-state index contributed by atoms with van der Waals surface area (Å²) < 4.78 is 5.85. The highest BCUT2D eigenvalue weighted by Gasteiger charge is 2.31. The molecule has 0 amide bonds. The zero-order valence-electron chi connectivity index (χ0n) is 17.9. The Bertz CT molecular complexity index is 983. The predicted octanol–water partition coefficient (Wildman–Crippen LogP) is 5.77. The number of hydrogen-bond acceptors (Lipinski definition) is 4. The van der Waals surface area contributed by atoms with Gasteiger partial charge in [-0.25, -0.2) is 0 Å². The highest BCUT2D eigenvalue weighted by molar-refractivity contribution is 6.00. The van der Waals surface area contributed by atoms with Crippen molar-refractivity contribution in [1.29, 1.82) is 0 Å². The number of Topliss-reactive ketones (excluding diaryl/α,β-unsaturated/α-hetero) is 1. The highest BCUT2D eigenvalue weighted by Crippen LogP contribution is 2.34. The molecule has 0 bridgehead atoms. The Morgan fingerprint density at radius 1 is 1.00 bits per heavy atom. The van der Waals surface area contributed by atoms with Crippen LogP contribution in [0.3, 0.4) is 0 Å². The fourth-order valence-electron chi connectivity index (χ4n) is 4.32. The average molecular weight is 416 g/mol. The summed E-state index contributed by atoms with van der Waals surface area (Å²) in [7, 11) is 0. The molecule has 0 unspecified atom stereocenters. The van der Waals surface area contributed by atoms with E-state index >= 15 is 0 Å². The van der Waals surface area contributed by atoms with Crippen molar-refractivity contribution in [2.24, 2.45) is 0 Å². The van der Waals surface area contributed by atoms with Crippen LogP contribution in [0.1, 0.15) is 53.7 Å². The molecule has 1 N–H and O–H groups in total. The second-order valence-corrected chi connectivity index (χ2v) is 8.18. The molecule has 4 rings (SSSR count). The number of piperidine rings is 1. The number of carbonyl (C=O) groups is 1. The van der Waals surface area contributed by atoms with Gasteiger partial charge in [-0.3, -0.25) is 9.69 Å². The van der Waals surface area contributed by atoms with Crippen LogP contribution in [0.4, 0.5) is 0 Å². The highest BCUT2D eigenvalue weighted by atomic mass is 16.5. The zero-order chi connectivity index (χ0) is 21.6. The molecular weight excluding hydrogens is 386 g/mol. The van der Waals surface area contributed by atoms with Crippen LogP contribution in [0.25, 0.3) is 0 Å². The van der Waals surface area contributed by atoms with Gasteiger partial charge in [-0.05, 0) is 73.8 Å². The zero-order valence-corrected chi connectivity index (χ0v) is 17.9. The van der Waals surface area contributed by atoms with E-state index in [9.17, 15) is 9.90 Å². The van der Waals surface area contributed by atoms with Crippen molar-refractivity contribution in [3.63, 3.8) is 0 Å². The van der Waals surface area contributed by atoms with Gasteiger partial charge in [0.2, 0.25) is 0 Å². The minimum absolute atomic E-state index is 0.125. The van der Waals surface area contributed by atoms with Crippen LogP contribution >= 0.6 is 0 Å². The molecule has 3 aromatic carbocycles. The van der Waals surface area contributed by atoms with E-state index in [4.69, 9.17) is 4.74 Å². The van der Waals surface area contributed by atoms with Crippen LogP contribution in [0, 0.1) is 0 Å². The van der Waals surface area contributed by atoms with Gasteiger partial charge in [0, 0.05) is 11.6 Å². The van der Waals surface area contributed by atoms with Crippen LogP contribution in [0.5, 0.6) is 11.5 Å². The maximum atomic E-state index is 13.2. The first-order valence-electron chi connectivity index (χ1n) is 11.0. The Balaban J connectivity index is 1.43. The quantitative estimate of drug-likeness (QED) is 0.498. The van der Waals surface area contributed by atoms with Gasteiger partial charge in [0.05, 0.1) is 6.04 Å². The number of rotatable bonds is 7. The Morgan fingerprint density at radius 2 is 1.71 bits per heavy atom. The number of benzene rings is 3. The molecule has 0 radical (unpaired) electrons. The van der Waals surface area contributed by atoms with Gasteiger partial charge >= 0.3 is 0 Å². The Morgan fingerprint density at radius 3 is 2.42 bits per heavy atom. The number of ether oxygens (including phenoxy) is 1. The number of hydrogen-bond donors (Lipinski definition) is 1. The predicted molar refractivity (Wildman–Crippen MR) is 122 cm³/mol. The van der Waals surface area contributed by atoms with E-state index in [2.05, 4.69) is 4.90 Å². The monoisotopic (exact) mass is 415 g/mol. The lowest BCUT2D eigenvalue weighted by molar-refractivity contribution is 0.0668. The van der Waals surface area contributed by atoms with Crippen molar-refractivity contribution >= 4 is 5.78 Å². The Hall–Kier alpha value is -3.11. The van der Waals surface area contributed by atoms with Gasteiger partial charge in [-0.15, -0.1) is 0 Å². The van der Waals surface area contributed by atoms with E-state index in [1.165, 1.54) is 0 Å². The number of phenols is 1. The van der Waals surface area contributed by atoms with E-state index < -0.39 is 0 Å². The standard InChI is InChI=1S/C27H29NO3/c1-20(28-18-6-5-9-26(28)22-10-14-24(29)15-11-22)27(30)23-12-16-25(17-13-23)31-19-21-7-3-2-4-8-21/h2-4,7-8,10-17,20,26,29H,5-6,9,18-19H2,1H3/t20-,26-/m0/s1. The van der Waals surface area contributed by atoms with E-state index in [0.29, 0.717) is 12.2 Å². The average Bonchev–Trinajstić information content (AvgIpc) is 2.83. The van der Waals surface area contributed by atoms with Crippen molar-refractivity contribution in [2.45, 2.75) is 44.9 Å². The summed E-state index contributed by atoms with van der Waals surface area (Å²) in [6.45, 7) is 3.41. The molecular formula is C27H29NO3. The third-order valence-corrected chi connectivity index (χ3v) is 6.09. The molecule has 1 saturated heterocycles. The third kappa shape index (κ3) is 5.15. The maximum Gasteiger partial charge on any atom is 0.179 e. The molecule has 160 valence electrons. The molecule has 1 heterocycles. The van der Waals surface area contributed by atoms with Crippen LogP contribution < -0.4 is 4.74 Å². The number of likely N-dealkylation sites (tertiary alicyclic amines) is 1. The van der Waals surface area contributed by atoms with Gasteiger partial charge < -0.3 is 9.84 Å². The van der Waals surface area contributed by atoms with Gasteiger partial charge in [0.25, 0.3) is 0 Å². The Kier molecular flexibility index (Phi) is 6.68. The minimum atomic E-state index is -0.213. The number of nitrogens with zero attached hydrogens (tertiary/aromatic N) is 1. The lowest BCUT2D eigenvalue weighted by Gasteiger charge is -2.39. The maximum absolute atomic E-state index is 13.2. The third-order valence-electron chi connectivity index (χ3n) is 6.09. The molecule has 31 heavy (non-hydrogen) atoms. The van der Waals surface area contributed by atoms with Crippen LogP contribution in [-0.2, 0) is 6.61 Å². The summed E-state index contributed by atoms with van der Waals surface area (Å²) in [6, 6.07) is 24.9. The fourth-order valence-corrected chi connectivity index (χ4v) is 4.32. The molecule has 1 aliphatic heterocycles. The summed E-state index contributed by atoms with van der Waals surface area (Å²) in [5.41, 5.74) is 2.97. The van der Waals surface area contributed by atoms with Crippen molar-refractivity contribution in [3.05, 3.63) is 95.6 Å². The summed E-state index contributed by atoms with van der Waals surface area (Å²) in [4.78, 5) is 15.5. The van der Waals surface area contributed by atoms with E-state index in [1.807, 2.05) is 73.7 Å². The van der Waals surface area contributed by atoms with E-state index in [0.717, 1.165) is 42.7 Å². The topological polar surface area (TPSA) is 49.8 Å². The van der Waals surface area contributed by atoms with E-state index in [-0.39, 0.29) is 23.6 Å². The molecule has 1 fully saturated rings. The van der Waals surface area contributed by atoms with Crippen molar-refractivity contribution in [3.8, 4) is 11.5 Å². The first kappa shape index (κ1) is 21.1. The molecule has 0 aliphatic carbocycles. The number of carbonyl (C=O) groups excluding carboxylic acids is 1. The first-order valence-corrected chi connectivity index (χ1v) is 11.0. The number of aromatic hydroxyl groups is 1. The summed E-state index contributed by atoms with van der Waals surface area (Å²) in [6.07, 6.45) is 3.27. The van der Waals surface area contributed by atoms with Crippen LogP contribution in [0.2, 0.25) is 0 Å². The Labute approximate surface area is 184 Å².